The third-order valence-corrected chi connectivity index (χ3v) is 3.51. The molecule has 0 aromatic heterocycles. The second-order valence-corrected chi connectivity index (χ2v) is 5.01. The fourth-order valence-corrected chi connectivity index (χ4v) is 2.48. The van der Waals surface area contributed by atoms with Crippen LogP contribution in [-0.4, -0.2) is 41.8 Å². The SMILES string of the molecule is CCC1C(=O)NC(=O)CN1C(=O)c1cccc(CCN)c1. The van der Waals surface area contributed by atoms with E-state index in [1.54, 1.807) is 18.2 Å². The van der Waals surface area contributed by atoms with Crippen molar-refractivity contribution in [2.75, 3.05) is 13.1 Å². The van der Waals surface area contributed by atoms with Crippen molar-refractivity contribution in [3.8, 4) is 0 Å². The van der Waals surface area contributed by atoms with Crippen LogP contribution in [-0.2, 0) is 16.0 Å². The lowest BCUT2D eigenvalue weighted by Gasteiger charge is -2.33. The number of nitrogens with zero attached hydrogens (tertiary/aromatic N) is 1. The van der Waals surface area contributed by atoms with Crippen LogP contribution in [0.1, 0.15) is 29.3 Å². The van der Waals surface area contributed by atoms with Crippen LogP contribution in [0.4, 0.5) is 0 Å². The molecular weight excluding hydrogens is 270 g/mol. The Hall–Kier alpha value is -2.21. The molecule has 1 heterocycles. The summed E-state index contributed by atoms with van der Waals surface area (Å²) in [7, 11) is 0. The summed E-state index contributed by atoms with van der Waals surface area (Å²) in [6.45, 7) is 2.22. The average molecular weight is 289 g/mol. The fraction of sp³-hybridized carbons (Fsp3) is 0.400. The van der Waals surface area contributed by atoms with E-state index in [1.165, 1.54) is 4.90 Å². The van der Waals surface area contributed by atoms with Crippen molar-refractivity contribution < 1.29 is 14.4 Å². The van der Waals surface area contributed by atoms with Gasteiger partial charge in [-0.05, 0) is 37.1 Å². The standard InChI is InChI=1S/C15H19N3O3/c1-2-12-14(20)17-13(19)9-18(12)15(21)11-5-3-4-10(8-11)6-7-16/h3-5,8,12H,2,6-7,9,16H2,1H3,(H,17,19,20). The van der Waals surface area contributed by atoms with Crippen molar-refractivity contribution in [2.45, 2.75) is 25.8 Å². The third kappa shape index (κ3) is 3.28. The van der Waals surface area contributed by atoms with E-state index < -0.39 is 17.9 Å². The van der Waals surface area contributed by atoms with E-state index in [1.807, 2.05) is 13.0 Å². The molecule has 3 amide bonds. The molecule has 0 radical (unpaired) electrons. The highest BCUT2D eigenvalue weighted by Gasteiger charge is 2.35. The summed E-state index contributed by atoms with van der Waals surface area (Å²) in [5, 5.41) is 2.26. The van der Waals surface area contributed by atoms with Gasteiger partial charge in [0.1, 0.15) is 12.6 Å². The van der Waals surface area contributed by atoms with Gasteiger partial charge in [0, 0.05) is 5.56 Å². The minimum Gasteiger partial charge on any atom is -0.330 e. The van der Waals surface area contributed by atoms with Gasteiger partial charge in [0.05, 0.1) is 0 Å². The molecule has 112 valence electrons. The van der Waals surface area contributed by atoms with Crippen LogP contribution in [0.25, 0.3) is 0 Å². The van der Waals surface area contributed by atoms with E-state index in [2.05, 4.69) is 5.32 Å². The molecule has 1 aromatic carbocycles. The number of nitrogens with one attached hydrogen (secondary N) is 1. The monoisotopic (exact) mass is 289 g/mol. The first kappa shape index (κ1) is 15.2. The fourth-order valence-electron chi connectivity index (χ4n) is 2.48. The molecule has 21 heavy (non-hydrogen) atoms. The third-order valence-electron chi connectivity index (χ3n) is 3.51. The lowest BCUT2D eigenvalue weighted by Crippen LogP contribution is -2.59. The number of rotatable bonds is 4. The van der Waals surface area contributed by atoms with Crippen LogP contribution >= 0.6 is 0 Å². The first-order valence-electron chi connectivity index (χ1n) is 7.00. The normalized spacial score (nSPS) is 18.6. The van der Waals surface area contributed by atoms with E-state index in [-0.39, 0.29) is 12.5 Å². The van der Waals surface area contributed by atoms with Gasteiger partial charge in [-0.3, -0.25) is 19.7 Å². The highest BCUT2D eigenvalue weighted by molar-refractivity contribution is 6.07. The van der Waals surface area contributed by atoms with Gasteiger partial charge in [-0.1, -0.05) is 19.1 Å². The van der Waals surface area contributed by atoms with Crippen molar-refractivity contribution in [1.82, 2.24) is 10.2 Å². The second-order valence-electron chi connectivity index (χ2n) is 5.01. The first-order chi connectivity index (χ1) is 10.1. The summed E-state index contributed by atoms with van der Waals surface area (Å²) < 4.78 is 0. The zero-order valence-corrected chi connectivity index (χ0v) is 12.0. The Bertz CT molecular complexity index is 571. The predicted molar refractivity (Wildman–Crippen MR) is 77.5 cm³/mol. The van der Waals surface area contributed by atoms with Crippen LogP contribution in [0.15, 0.2) is 24.3 Å². The summed E-state index contributed by atoms with van der Waals surface area (Å²) >= 11 is 0. The van der Waals surface area contributed by atoms with E-state index in [4.69, 9.17) is 5.73 Å². The number of carbonyl (C=O) groups excluding carboxylic acids is 3. The van der Waals surface area contributed by atoms with E-state index in [9.17, 15) is 14.4 Å². The number of hydrogen-bond donors (Lipinski definition) is 2. The Morgan fingerprint density at radius 2 is 2.19 bits per heavy atom. The van der Waals surface area contributed by atoms with Crippen LogP contribution in [0.5, 0.6) is 0 Å². The number of piperazine rings is 1. The van der Waals surface area contributed by atoms with Gasteiger partial charge in [-0.15, -0.1) is 0 Å². The minimum absolute atomic E-state index is 0.0931. The van der Waals surface area contributed by atoms with Gasteiger partial charge in [0.25, 0.3) is 5.91 Å². The summed E-state index contributed by atoms with van der Waals surface area (Å²) in [4.78, 5) is 37.2. The molecule has 1 aliphatic rings. The largest absolute Gasteiger partial charge is 0.330 e. The Labute approximate surface area is 123 Å². The van der Waals surface area contributed by atoms with Gasteiger partial charge in [0.15, 0.2) is 0 Å². The Kier molecular flexibility index (Phi) is 4.70. The van der Waals surface area contributed by atoms with Crippen LogP contribution in [0, 0.1) is 0 Å². The number of nitrogens with two attached hydrogens (primary N) is 1. The van der Waals surface area contributed by atoms with Crippen molar-refractivity contribution in [3.63, 3.8) is 0 Å². The molecule has 3 N–H and O–H groups in total. The first-order valence-corrected chi connectivity index (χ1v) is 7.00. The molecule has 6 heteroatoms. The molecule has 2 rings (SSSR count). The zero-order valence-electron chi connectivity index (χ0n) is 12.0. The van der Waals surface area contributed by atoms with Crippen molar-refractivity contribution in [3.05, 3.63) is 35.4 Å². The van der Waals surface area contributed by atoms with E-state index >= 15 is 0 Å². The number of imide groups is 1. The topological polar surface area (TPSA) is 92.5 Å². The van der Waals surface area contributed by atoms with Crippen molar-refractivity contribution in [2.24, 2.45) is 5.73 Å². The van der Waals surface area contributed by atoms with Crippen molar-refractivity contribution in [1.29, 1.82) is 0 Å². The smallest absolute Gasteiger partial charge is 0.255 e. The van der Waals surface area contributed by atoms with Crippen LogP contribution in [0.2, 0.25) is 0 Å². The summed E-state index contributed by atoms with van der Waals surface area (Å²) in [5.74, 6) is -1.17. The number of benzene rings is 1. The van der Waals surface area contributed by atoms with Gasteiger partial charge in [0.2, 0.25) is 11.8 Å². The Balaban J connectivity index is 2.26. The molecule has 0 saturated carbocycles. The number of hydrogen-bond acceptors (Lipinski definition) is 4. The second kappa shape index (κ2) is 6.49. The molecule has 1 saturated heterocycles. The summed E-state index contributed by atoms with van der Waals surface area (Å²) in [6.07, 6.45) is 1.14. The van der Waals surface area contributed by atoms with E-state index in [0.29, 0.717) is 24.9 Å². The highest BCUT2D eigenvalue weighted by Crippen LogP contribution is 2.15. The Morgan fingerprint density at radius 3 is 2.86 bits per heavy atom. The molecule has 6 nitrogen and oxygen atoms in total. The highest BCUT2D eigenvalue weighted by atomic mass is 16.2. The van der Waals surface area contributed by atoms with Gasteiger partial charge in [-0.2, -0.15) is 0 Å². The molecule has 1 fully saturated rings. The van der Waals surface area contributed by atoms with Crippen molar-refractivity contribution >= 4 is 17.7 Å². The molecule has 0 spiro atoms. The van der Waals surface area contributed by atoms with Gasteiger partial charge in [-0.25, -0.2) is 0 Å². The summed E-state index contributed by atoms with van der Waals surface area (Å²) in [5.41, 5.74) is 6.95. The number of carbonyl (C=O) groups is 3. The molecule has 1 unspecified atom stereocenters. The molecule has 0 bridgehead atoms. The number of amides is 3. The molecule has 1 atom stereocenters. The lowest BCUT2D eigenvalue weighted by molar-refractivity contribution is -0.138. The average Bonchev–Trinajstić information content (AvgIpc) is 2.46. The van der Waals surface area contributed by atoms with Crippen LogP contribution < -0.4 is 11.1 Å². The molecule has 0 aliphatic carbocycles. The minimum atomic E-state index is -0.603. The van der Waals surface area contributed by atoms with Crippen LogP contribution in [0.3, 0.4) is 0 Å². The van der Waals surface area contributed by atoms with Gasteiger partial charge < -0.3 is 10.6 Å². The predicted octanol–water partition coefficient (Wildman–Crippen LogP) is 0.0650. The quantitative estimate of drug-likeness (QED) is 0.767. The summed E-state index contributed by atoms with van der Waals surface area (Å²) in [6, 6.07) is 6.53. The maximum Gasteiger partial charge on any atom is 0.255 e. The van der Waals surface area contributed by atoms with Gasteiger partial charge >= 0.3 is 0 Å². The molecule has 1 aromatic rings. The maximum absolute atomic E-state index is 12.6. The lowest BCUT2D eigenvalue weighted by atomic mass is 10.0. The maximum atomic E-state index is 12.6. The van der Waals surface area contributed by atoms with E-state index in [0.717, 1.165) is 5.56 Å². The zero-order chi connectivity index (χ0) is 15.4. The molecular formula is C15H19N3O3. The molecule has 1 aliphatic heterocycles. The Morgan fingerprint density at radius 1 is 1.43 bits per heavy atom.